The van der Waals surface area contributed by atoms with E-state index in [0.29, 0.717) is 31.0 Å². The van der Waals surface area contributed by atoms with Crippen LogP contribution in [0.2, 0.25) is 0 Å². The summed E-state index contributed by atoms with van der Waals surface area (Å²) in [5.74, 6) is 1.49. The molecule has 5 rings (SSSR count). The lowest BCUT2D eigenvalue weighted by Crippen LogP contribution is -2.17. The Hall–Kier alpha value is -4.16. The van der Waals surface area contributed by atoms with E-state index in [1.165, 1.54) is 0 Å². The van der Waals surface area contributed by atoms with E-state index >= 15 is 0 Å². The van der Waals surface area contributed by atoms with Crippen molar-refractivity contribution in [1.82, 2.24) is 14.5 Å². The molecular formula is C32H34N4O2. The number of imidazole rings is 1. The highest BCUT2D eigenvalue weighted by Gasteiger charge is 2.20. The number of H-pyrrole nitrogens is 1. The molecule has 0 atom stereocenters. The lowest BCUT2D eigenvalue weighted by molar-refractivity contribution is 0.304. The molecule has 0 bridgehead atoms. The number of fused-ring (bicyclic) bond motifs is 1. The van der Waals surface area contributed by atoms with E-state index in [1.54, 1.807) is 4.57 Å². The molecule has 3 aromatic rings. The van der Waals surface area contributed by atoms with Gasteiger partial charge < -0.3 is 15.5 Å². The van der Waals surface area contributed by atoms with Crippen molar-refractivity contribution in [3.8, 4) is 22.8 Å². The summed E-state index contributed by atoms with van der Waals surface area (Å²) in [4.78, 5) is 21.9. The Balaban J connectivity index is 1.42. The molecule has 0 aliphatic carbocycles. The third-order valence-electron chi connectivity index (χ3n) is 6.69. The summed E-state index contributed by atoms with van der Waals surface area (Å²) in [5, 5.41) is 0. The fraction of sp³-hybridized carbons (Fsp3) is 0.250. The fourth-order valence-electron chi connectivity index (χ4n) is 4.71. The number of hydrogen-bond acceptors (Lipinski definition) is 4. The molecule has 3 aromatic carbocycles. The minimum Gasteiger partial charge on any atom is -0.494 e. The van der Waals surface area contributed by atoms with Crippen molar-refractivity contribution in [3.63, 3.8) is 0 Å². The van der Waals surface area contributed by atoms with Gasteiger partial charge in [-0.1, -0.05) is 85.6 Å². The molecule has 6 nitrogen and oxygen atoms in total. The largest absolute Gasteiger partial charge is 0.494 e. The zero-order chi connectivity index (χ0) is 26.2. The third kappa shape index (κ3) is 6.21. The Labute approximate surface area is 223 Å². The van der Waals surface area contributed by atoms with Crippen LogP contribution in [0.3, 0.4) is 0 Å². The topological polar surface area (TPSA) is 85.9 Å². The average molecular weight is 507 g/mol. The van der Waals surface area contributed by atoms with E-state index in [0.717, 1.165) is 66.1 Å². The van der Waals surface area contributed by atoms with Crippen LogP contribution in [0.25, 0.3) is 17.1 Å². The van der Waals surface area contributed by atoms with Gasteiger partial charge in [-0.15, -0.1) is 0 Å². The second-order valence-corrected chi connectivity index (χ2v) is 9.61. The van der Waals surface area contributed by atoms with Gasteiger partial charge in [-0.2, -0.15) is 0 Å². The number of nitrogens with zero attached hydrogens (tertiary/aromatic N) is 2. The van der Waals surface area contributed by atoms with Crippen molar-refractivity contribution in [1.29, 1.82) is 0 Å². The van der Waals surface area contributed by atoms with Crippen LogP contribution in [0.5, 0.6) is 5.75 Å². The number of hydrogen-bond donors (Lipinski definition) is 2. The van der Waals surface area contributed by atoms with Crippen LogP contribution in [-0.2, 0) is 12.8 Å². The molecule has 0 spiro atoms. The van der Waals surface area contributed by atoms with E-state index in [2.05, 4.69) is 17.1 Å². The van der Waals surface area contributed by atoms with Crippen LogP contribution in [-0.4, -0.2) is 27.7 Å². The van der Waals surface area contributed by atoms with Crippen LogP contribution >= 0.6 is 0 Å². The van der Waals surface area contributed by atoms with Crippen LogP contribution in [0, 0.1) is 0 Å². The third-order valence-corrected chi connectivity index (χ3v) is 6.69. The van der Waals surface area contributed by atoms with Crippen LogP contribution in [0.1, 0.15) is 48.2 Å². The highest BCUT2D eigenvalue weighted by atomic mass is 16.5. The molecule has 0 saturated heterocycles. The van der Waals surface area contributed by atoms with Gasteiger partial charge in [0.15, 0.2) is 5.82 Å². The van der Waals surface area contributed by atoms with Gasteiger partial charge in [-0.3, -0.25) is 9.36 Å². The Bertz CT molecular complexity index is 1470. The van der Waals surface area contributed by atoms with Crippen molar-refractivity contribution in [2.75, 3.05) is 13.2 Å². The molecule has 0 amide bonds. The number of rotatable bonds is 12. The zero-order valence-corrected chi connectivity index (χ0v) is 21.6. The highest BCUT2D eigenvalue weighted by Crippen LogP contribution is 2.24. The van der Waals surface area contributed by atoms with Gasteiger partial charge in [-0.05, 0) is 48.2 Å². The predicted molar refractivity (Wildman–Crippen MR) is 152 cm³/mol. The molecule has 0 unspecified atom stereocenters. The second kappa shape index (κ2) is 12.4. The lowest BCUT2D eigenvalue weighted by Gasteiger charge is -2.13. The van der Waals surface area contributed by atoms with Crippen molar-refractivity contribution in [3.05, 3.63) is 124 Å². The number of unbranched alkanes of at least 4 members (excludes halogenated alkanes) is 3. The molecule has 3 N–H and O–H groups in total. The van der Waals surface area contributed by atoms with Crippen molar-refractivity contribution in [2.24, 2.45) is 5.73 Å². The summed E-state index contributed by atoms with van der Waals surface area (Å²) >= 11 is 0. The Morgan fingerprint density at radius 3 is 2.34 bits per heavy atom. The molecule has 0 fully saturated rings. The first-order valence-electron chi connectivity index (χ1n) is 13.4. The maximum atomic E-state index is 13.5. The van der Waals surface area contributed by atoms with Gasteiger partial charge in [0.25, 0.3) is 5.56 Å². The molecule has 0 aromatic heterocycles. The first-order chi connectivity index (χ1) is 18.7. The Kier molecular flexibility index (Phi) is 8.31. The van der Waals surface area contributed by atoms with Gasteiger partial charge in [-0.25, -0.2) is 4.98 Å². The van der Waals surface area contributed by atoms with Crippen molar-refractivity contribution >= 4 is 0 Å². The Morgan fingerprint density at radius 2 is 1.55 bits per heavy atom. The number of ether oxygens (including phenoxy) is 1. The van der Waals surface area contributed by atoms with E-state index in [9.17, 15) is 4.79 Å². The maximum Gasteiger partial charge on any atom is 0.278 e. The van der Waals surface area contributed by atoms with Crippen LogP contribution < -0.4 is 16.0 Å². The van der Waals surface area contributed by atoms with Gasteiger partial charge in [0.2, 0.25) is 0 Å². The molecule has 2 aliphatic rings. The normalized spacial score (nSPS) is 11.2. The van der Waals surface area contributed by atoms with Crippen LogP contribution in [0.15, 0.2) is 95.9 Å². The summed E-state index contributed by atoms with van der Waals surface area (Å²) in [6.45, 7) is 1.42. The molecular weight excluding hydrogens is 472 g/mol. The van der Waals surface area contributed by atoms with Crippen LogP contribution in [0.4, 0.5) is 0 Å². The number of benzene rings is 3. The summed E-state index contributed by atoms with van der Waals surface area (Å²) in [6, 6.07) is 28.3. The Morgan fingerprint density at radius 1 is 0.816 bits per heavy atom. The summed E-state index contributed by atoms with van der Waals surface area (Å²) in [6.07, 6.45) is 7.27. The standard InChI is InChI=1S/C32H34N4O2/c33-18-9-1-2-10-19-38-27-17-11-14-25(20-27)22-29-32(37)36-23-30(26-15-7-4-8-16-26)34-28(31(36)35-29)21-24-12-5-3-6-13-24/h3-8,11-17,20,23,34H,1-2,9-10,18-19,21-22,33H2. The van der Waals surface area contributed by atoms with Gasteiger partial charge in [0.05, 0.1) is 18.0 Å². The maximum absolute atomic E-state index is 13.5. The smallest absolute Gasteiger partial charge is 0.278 e. The lowest BCUT2D eigenvalue weighted by atomic mass is 10.1. The van der Waals surface area contributed by atoms with E-state index in [4.69, 9.17) is 15.5 Å². The van der Waals surface area contributed by atoms with Gasteiger partial charge >= 0.3 is 0 Å². The number of aromatic nitrogens is 3. The molecule has 194 valence electrons. The highest BCUT2D eigenvalue weighted by molar-refractivity contribution is 5.60. The van der Waals surface area contributed by atoms with E-state index in [1.807, 2.05) is 79.0 Å². The first kappa shape index (κ1) is 25.5. The molecule has 6 heteroatoms. The van der Waals surface area contributed by atoms with Gasteiger partial charge in [0.1, 0.15) is 11.4 Å². The summed E-state index contributed by atoms with van der Waals surface area (Å²) in [7, 11) is 0. The summed E-state index contributed by atoms with van der Waals surface area (Å²) < 4.78 is 7.65. The molecule has 0 saturated carbocycles. The zero-order valence-electron chi connectivity index (χ0n) is 21.6. The second-order valence-electron chi connectivity index (χ2n) is 9.61. The monoisotopic (exact) mass is 506 g/mol. The first-order valence-corrected chi connectivity index (χ1v) is 13.4. The molecule has 38 heavy (non-hydrogen) atoms. The molecule has 2 aliphatic heterocycles. The number of nitrogens with one attached hydrogen (secondary N) is 1. The fourth-order valence-corrected chi connectivity index (χ4v) is 4.71. The minimum absolute atomic E-state index is 0.0910. The van der Waals surface area contributed by atoms with Crippen molar-refractivity contribution < 1.29 is 4.74 Å². The number of aromatic amines is 1. The quantitative estimate of drug-likeness (QED) is 0.211. The SMILES string of the molecule is NCCCCCCOc1cccc(Cc2nc3c(Cc4ccccc4)[nH]c(-c4ccccc4)cn-3c2=O)c1. The molecule has 2 heterocycles. The number of nitrogens with two attached hydrogens (primary N) is 1. The average Bonchev–Trinajstić information content (AvgIpc) is 3.27. The summed E-state index contributed by atoms with van der Waals surface area (Å²) in [5.41, 5.74) is 11.0. The van der Waals surface area contributed by atoms with E-state index < -0.39 is 0 Å². The molecule has 0 radical (unpaired) electrons. The van der Waals surface area contributed by atoms with Crippen molar-refractivity contribution in [2.45, 2.75) is 38.5 Å². The van der Waals surface area contributed by atoms with E-state index in [-0.39, 0.29) is 5.56 Å². The predicted octanol–water partition coefficient (Wildman–Crippen LogP) is 5.74. The minimum atomic E-state index is -0.0910. The van der Waals surface area contributed by atoms with Gasteiger partial charge in [0, 0.05) is 19.0 Å².